The van der Waals surface area contributed by atoms with Crippen LogP contribution >= 0.6 is 15.9 Å². The van der Waals surface area contributed by atoms with E-state index in [1.807, 2.05) is 55.5 Å². The maximum atomic E-state index is 15.4. The lowest BCUT2D eigenvalue weighted by molar-refractivity contribution is -0.171. The average Bonchev–Trinajstić information content (AvgIpc) is 2.84. The van der Waals surface area contributed by atoms with Gasteiger partial charge in [0.1, 0.15) is 6.17 Å². The molecule has 5 nitrogen and oxygen atoms in total. The van der Waals surface area contributed by atoms with Crippen molar-refractivity contribution in [2.24, 2.45) is 5.41 Å². The fourth-order valence-corrected chi connectivity index (χ4v) is 6.18. The van der Waals surface area contributed by atoms with Gasteiger partial charge < -0.3 is 10.1 Å². The molecule has 2 bridgehead atoms. The smallest absolute Gasteiger partial charge is 0.315 e. The highest BCUT2D eigenvalue weighted by Gasteiger charge is 2.60. The summed E-state index contributed by atoms with van der Waals surface area (Å²) in [5, 5.41) is 3.96. The molecule has 182 valence electrons. The molecule has 3 aliphatic carbocycles. The molecule has 7 heteroatoms. The van der Waals surface area contributed by atoms with Crippen LogP contribution < -0.4 is 5.32 Å². The number of nitrogens with one attached hydrogen (secondary N) is 1. The van der Waals surface area contributed by atoms with Crippen LogP contribution in [0.2, 0.25) is 0 Å². The Morgan fingerprint density at radius 3 is 2.51 bits per heavy atom. The predicted molar refractivity (Wildman–Crippen MR) is 137 cm³/mol. The summed E-state index contributed by atoms with van der Waals surface area (Å²) in [6.45, 7) is 3.89. The number of halogens is 2. The number of rotatable bonds is 5. The van der Waals surface area contributed by atoms with E-state index in [0.29, 0.717) is 31.2 Å². The summed E-state index contributed by atoms with van der Waals surface area (Å²) in [6, 6.07) is 15.5. The molecule has 3 saturated carbocycles. The molecule has 1 aromatic heterocycles. The molecule has 2 aromatic carbocycles. The summed E-state index contributed by atoms with van der Waals surface area (Å²) in [4.78, 5) is 31.3. The van der Waals surface area contributed by atoms with Gasteiger partial charge in [0, 0.05) is 27.4 Å². The fourth-order valence-electron chi connectivity index (χ4n) is 5.82. The molecule has 3 aromatic rings. The van der Waals surface area contributed by atoms with Gasteiger partial charge in [0.2, 0.25) is 0 Å². The van der Waals surface area contributed by atoms with E-state index in [1.165, 1.54) is 0 Å². The zero-order valence-electron chi connectivity index (χ0n) is 19.9. The number of fused-ring (bicyclic) bond motifs is 4. The number of pyridine rings is 1. The van der Waals surface area contributed by atoms with Crippen molar-refractivity contribution in [1.82, 2.24) is 10.3 Å². The van der Waals surface area contributed by atoms with Crippen LogP contribution in [-0.4, -0.2) is 35.2 Å². The van der Waals surface area contributed by atoms with E-state index in [9.17, 15) is 9.59 Å². The molecule has 1 atom stereocenters. The molecule has 6 rings (SSSR count). The topological polar surface area (TPSA) is 68.3 Å². The van der Waals surface area contributed by atoms with Gasteiger partial charge in [-0.15, -0.1) is 0 Å². The first kappa shape index (κ1) is 23.9. The van der Waals surface area contributed by atoms with Gasteiger partial charge in [-0.25, -0.2) is 9.37 Å². The molecule has 1 amide bonds. The Morgan fingerprint density at radius 1 is 1.14 bits per heavy atom. The van der Waals surface area contributed by atoms with Gasteiger partial charge in [0.15, 0.2) is 0 Å². The maximum absolute atomic E-state index is 15.4. The number of aromatic nitrogens is 1. The lowest BCUT2D eigenvalue weighted by Crippen LogP contribution is -2.63. The number of esters is 1. The molecule has 0 aliphatic heterocycles. The Hall–Kier alpha value is -2.80. The maximum Gasteiger partial charge on any atom is 0.315 e. The minimum atomic E-state index is -1.34. The van der Waals surface area contributed by atoms with Gasteiger partial charge in [-0.1, -0.05) is 46.3 Å². The summed E-state index contributed by atoms with van der Waals surface area (Å²) in [6.07, 6.45) is 0.641. The van der Waals surface area contributed by atoms with Crippen molar-refractivity contribution in [2.45, 2.75) is 57.7 Å². The molecule has 0 saturated heterocycles. The van der Waals surface area contributed by atoms with Crippen LogP contribution in [0.15, 0.2) is 53.0 Å². The second-order valence-corrected chi connectivity index (χ2v) is 10.7. The number of alkyl halides is 1. The third kappa shape index (κ3) is 4.03. The van der Waals surface area contributed by atoms with Gasteiger partial charge in [-0.2, -0.15) is 0 Å². The first-order chi connectivity index (χ1) is 16.8. The highest BCUT2D eigenvalue weighted by molar-refractivity contribution is 9.10. The lowest BCUT2D eigenvalue weighted by atomic mass is 9.56. The molecule has 1 N–H and O–H groups in total. The van der Waals surface area contributed by atoms with Crippen molar-refractivity contribution >= 4 is 38.7 Å². The summed E-state index contributed by atoms with van der Waals surface area (Å²) >= 11 is 3.52. The van der Waals surface area contributed by atoms with Crippen molar-refractivity contribution in [2.75, 3.05) is 6.61 Å². The van der Waals surface area contributed by atoms with E-state index in [-0.39, 0.29) is 18.9 Å². The lowest BCUT2D eigenvalue weighted by Gasteiger charge is -2.53. The van der Waals surface area contributed by atoms with Crippen LogP contribution in [0.4, 0.5) is 4.39 Å². The van der Waals surface area contributed by atoms with Gasteiger partial charge in [-0.3, -0.25) is 9.59 Å². The van der Waals surface area contributed by atoms with Gasteiger partial charge in [-0.05, 0) is 63.3 Å². The van der Waals surface area contributed by atoms with Crippen molar-refractivity contribution < 1.29 is 18.7 Å². The molecular weight excluding hydrogens is 511 g/mol. The summed E-state index contributed by atoms with van der Waals surface area (Å²) in [5.41, 5.74) is 1.98. The number of benzene rings is 2. The number of nitrogens with zero attached hydrogens (tertiary/aromatic N) is 1. The monoisotopic (exact) mass is 538 g/mol. The van der Waals surface area contributed by atoms with Crippen molar-refractivity contribution in [3.05, 3.63) is 64.1 Å². The number of ether oxygens (including phenoxy) is 1. The summed E-state index contributed by atoms with van der Waals surface area (Å²) in [7, 11) is 0. The average molecular weight is 539 g/mol. The minimum absolute atomic E-state index is 0.120. The minimum Gasteiger partial charge on any atom is -0.465 e. The molecule has 1 heterocycles. The predicted octanol–water partition coefficient (Wildman–Crippen LogP) is 6.31. The Balaban J connectivity index is 1.52. The third-order valence-corrected chi connectivity index (χ3v) is 8.29. The highest BCUT2D eigenvalue weighted by Crippen LogP contribution is 2.54. The van der Waals surface area contributed by atoms with Gasteiger partial charge in [0.25, 0.3) is 5.91 Å². The van der Waals surface area contributed by atoms with E-state index in [1.54, 1.807) is 6.92 Å². The summed E-state index contributed by atoms with van der Waals surface area (Å²) < 4.78 is 21.5. The van der Waals surface area contributed by atoms with Gasteiger partial charge >= 0.3 is 5.97 Å². The van der Waals surface area contributed by atoms with E-state index in [2.05, 4.69) is 21.2 Å². The quantitative estimate of drug-likeness (QED) is 0.386. The SMILES string of the molecule is CCOC(=O)C12CCC(NC(=O)c3c(C)c(-c4ccccc4)nc4ccc(Br)cc34)(CC1)CC2F. The molecule has 35 heavy (non-hydrogen) atoms. The zero-order valence-corrected chi connectivity index (χ0v) is 21.5. The van der Waals surface area contributed by atoms with E-state index in [4.69, 9.17) is 9.72 Å². The normalized spacial score (nSPS) is 25.4. The van der Waals surface area contributed by atoms with E-state index in [0.717, 1.165) is 32.2 Å². The van der Waals surface area contributed by atoms with Crippen LogP contribution in [0.25, 0.3) is 22.2 Å². The molecule has 0 spiro atoms. The van der Waals surface area contributed by atoms with Crippen molar-refractivity contribution in [3.63, 3.8) is 0 Å². The molecule has 1 unspecified atom stereocenters. The standard InChI is InChI=1S/C28H28BrFN2O3/c1-3-35-26(34)28-13-11-27(12-14-28,16-22(28)30)32-25(33)23-17(2)24(18-7-5-4-6-8-18)31-21-10-9-19(29)15-20(21)23/h4-10,15,22H,3,11-14,16H2,1-2H3,(H,32,33). The van der Waals surface area contributed by atoms with Crippen LogP contribution in [0.1, 0.15) is 54.9 Å². The largest absolute Gasteiger partial charge is 0.465 e. The zero-order chi connectivity index (χ0) is 24.8. The van der Waals surface area contributed by atoms with Crippen molar-refractivity contribution in [3.8, 4) is 11.3 Å². The van der Waals surface area contributed by atoms with E-state index < -0.39 is 23.1 Å². The van der Waals surface area contributed by atoms with Crippen LogP contribution in [0.5, 0.6) is 0 Å². The number of carbonyl (C=O) groups is 2. The molecule has 0 radical (unpaired) electrons. The Bertz CT molecular complexity index is 1300. The van der Waals surface area contributed by atoms with E-state index >= 15 is 4.39 Å². The Labute approximate surface area is 212 Å². The number of hydrogen-bond donors (Lipinski definition) is 1. The number of carbonyl (C=O) groups excluding carboxylic acids is 2. The Morgan fingerprint density at radius 2 is 1.86 bits per heavy atom. The van der Waals surface area contributed by atoms with Crippen LogP contribution in [0.3, 0.4) is 0 Å². The van der Waals surface area contributed by atoms with Crippen molar-refractivity contribution in [1.29, 1.82) is 0 Å². The molecule has 3 fully saturated rings. The number of hydrogen-bond acceptors (Lipinski definition) is 4. The second-order valence-electron chi connectivity index (χ2n) is 9.77. The van der Waals surface area contributed by atoms with Gasteiger partial charge in [0.05, 0.1) is 28.8 Å². The first-order valence-electron chi connectivity index (χ1n) is 12.1. The second kappa shape index (κ2) is 9.01. The highest BCUT2D eigenvalue weighted by atomic mass is 79.9. The third-order valence-electron chi connectivity index (χ3n) is 7.79. The molecule has 3 aliphatic rings. The number of amides is 1. The summed E-state index contributed by atoms with van der Waals surface area (Å²) in [5.74, 6) is -0.677. The molecular formula is C28H28BrFN2O3. The fraction of sp³-hybridized carbons (Fsp3) is 0.393. The Kier molecular flexibility index (Phi) is 6.16. The van der Waals surface area contributed by atoms with Crippen LogP contribution in [-0.2, 0) is 9.53 Å². The first-order valence-corrected chi connectivity index (χ1v) is 12.9. The van der Waals surface area contributed by atoms with Crippen LogP contribution in [0, 0.1) is 12.3 Å².